The van der Waals surface area contributed by atoms with Crippen molar-refractivity contribution in [3.63, 3.8) is 0 Å². The zero-order valence-electron chi connectivity index (χ0n) is 23.3. The van der Waals surface area contributed by atoms with E-state index < -0.39 is 24.5 Å². The fourth-order valence-corrected chi connectivity index (χ4v) is 3.96. The van der Waals surface area contributed by atoms with Gasteiger partial charge in [0.2, 0.25) is 0 Å². The summed E-state index contributed by atoms with van der Waals surface area (Å²) < 4.78 is 18.9. The first-order chi connectivity index (χ1) is 18.9. The molecule has 3 rings (SSSR count). The number of carbonyl (C=O) groups is 3. The molecule has 1 heterocycles. The predicted octanol–water partition coefficient (Wildman–Crippen LogP) is 3.57. The molecule has 1 saturated heterocycles. The number of aliphatic hydroxyl groups is 1. The van der Waals surface area contributed by atoms with Crippen LogP contribution in [0.25, 0.3) is 0 Å². The average Bonchev–Trinajstić information content (AvgIpc) is 2.91. The van der Waals surface area contributed by atoms with Crippen molar-refractivity contribution in [2.75, 3.05) is 26.7 Å². The second-order valence-electron chi connectivity index (χ2n) is 10.2. The smallest absolute Gasteiger partial charge is 0.333 e. The number of carbonyl (C=O) groups excluding carboxylic acids is 1. The van der Waals surface area contributed by atoms with Crippen LogP contribution in [0.15, 0.2) is 48.5 Å². The molecule has 2 aromatic carbocycles. The number of piperidine rings is 1. The van der Waals surface area contributed by atoms with E-state index in [1.54, 1.807) is 12.1 Å². The third-order valence-corrected chi connectivity index (χ3v) is 6.26. The van der Waals surface area contributed by atoms with Gasteiger partial charge in [0.05, 0.1) is 13.0 Å². The Kier molecular flexibility index (Phi) is 13.3. The first-order valence-electron chi connectivity index (χ1n) is 13.3. The third-order valence-electron chi connectivity index (χ3n) is 6.26. The highest BCUT2D eigenvalue weighted by Crippen LogP contribution is 2.21. The van der Waals surface area contributed by atoms with E-state index in [-0.39, 0.29) is 17.9 Å². The number of aliphatic carboxylic acids is 2. The summed E-state index contributed by atoms with van der Waals surface area (Å²) >= 11 is 0. The Morgan fingerprint density at radius 3 is 2.10 bits per heavy atom. The van der Waals surface area contributed by atoms with Crippen LogP contribution in [0.4, 0.5) is 9.18 Å². The molecule has 0 aliphatic carbocycles. The number of rotatable bonds is 11. The summed E-state index contributed by atoms with van der Waals surface area (Å²) in [6, 6.07) is 14.4. The fourth-order valence-electron chi connectivity index (χ4n) is 3.96. The van der Waals surface area contributed by atoms with Crippen LogP contribution in [0.5, 0.6) is 5.75 Å². The Hall–Kier alpha value is -3.70. The number of ether oxygens (including phenoxy) is 1. The van der Waals surface area contributed by atoms with Gasteiger partial charge in [-0.25, -0.2) is 14.0 Å². The van der Waals surface area contributed by atoms with E-state index in [0.29, 0.717) is 25.6 Å². The number of amides is 2. The van der Waals surface area contributed by atoms with Crippen LogP contribution in [-0.2, 0) is 22.7 Å². The lowest BCUT2D eigenvalue weighted by molar-refractivity contribution is -0.152. The number of hydrogen-bond acceptors (Lipinski definition) is 6. The summed E-state index contributed by atoms with van der Waals surface area (Å²) in [5, 5.41) is 27.2. The van der Waals surface area contributed by atoms with Crippen LogP contribution in [0.2, 0.25) is 0 Å². The summed E-state index contributed by atoms with van der Waals surface area (Å²) in [6.45, 7) is 7.82. The van der Waals surface area contributed by atoms with E-state index in [4.69, 9.17) is 20.1 Å². The highest BCUT2D eigenvalue weighted by Gasteiger charge is 2.27. The molecule has 1 atom stereocenters. The molecular formula is C29H40FN3O7. The van der Waals surface area contributed by atoms with E-state index in [1.807, 2.05) is 29.2 Å². The number of urea groups is 1. The summed E-state index contributed by atoms with van der Waals surface area (Å²) in [5.74, 6) is -1.79. The van der Waals surface area contributed by atoms with Gasteiger partial charge in [-0.1, -0.05) is 38.1 Å². The minimum absolute atomic E-state index is 0.0842. The normalized spacial score (nSPS) is 14.6. The van der Waals surface area contributed by atoms with E-state index in [2.05, 4.69) is 31.1 Å². The molecule has 220 valence electrons. The maximum atomic E-state index is 13.1. The second kappa shape index (κ2) is 16.4. The van der Waals surface area contributed by atoms with Crippen molar-refractivity contribution in [3.8, 4) is 5.75 Å². The van der Waals surface area contributed by atoms with Crippen LogP contribution in [0.1, 0.15) is 44.2 Å². The number of aliphatic hydroxyl groups excluding tert-OH is 1. The Bertz CT molecular complexity index is 1070. The summed E-state index contributed by atoms with van der Waals surface area (Å²) in [6.07, 6.45) is -0.635. The van der Waals surface area contributed by atoms with Gasteiger partial charge in [0.1, 0.15) is 11.6 Å². The number of likely N-dealkylation sites (tertiary alicyclic amines) is 1. The van der Waals surface area contributed by atoms with Gasteiger partial charge >= 0.3 is 18.0 Å². The van der Waals surface area contributed by atoms with Gasteiger partial charge in [-0.15, -0.1) is 0 Å². The zero-order chi connectivity index (χ0) is 29.7. The van der Waals surface area contributed by atoms with Crippen molar-refractivity contribution in [3.05, 3.63) is 65.5 Å². The van der Waals surface area contributed by atoms with Crippen LogP contribution in [-0.4, -0.2) is 82.0 Å². The van der Waals surface area contributed by atoms with Gasteiger partial charge < -0.3 is 35.2 Å². The number of benzene rings is 2. The first-order valence-corrected chi connectivity index (χ1v) is 13.3. The number of nitrogens with zero attached hydrogens (tertiary/aromatic N) is 2. The molecule has 1 fully saturated rings. The van der Waals surface area contributed by atoms with Crippen molar-refractivity contribution < 1.29 is 38.8 Å². The summed E-state index contributed by atoms with van der Waals surface area (Å²) in [5.41, 5.74) is 1.96. The third kappa shape index (κ3) is 12.0. The van der Waals surface area contributed by atoms with Crippen molar-refractivity contribution >= 4 is 18.0 Å². The molecule has 1 aliphatic heterocycles. The molecule has 11 heteroatoms. The van der Waals surface area contributed by atoms with Gasteiger partial charge in [-0.2, -0.15) is 0 Å². The highest BCUT2D eigenvalue weighted by molar-refractivity contribution is 5.79. The van der Waals surface area contributed by atoms with Gasteiger partial charge in [0.25, 0.3) is 0 Å². The first kappa shape index (κ1) is 32.5. The zero-order valence-corrected chi connectivity index (χ0v) is 23.3. The Balaban J connectivity index is 0.000000536. The Morgan fingerprint density at radius 1 is 1.02 bits per heavy atom. The van der Waals surface area contributed by atoms with E-state index in [1.165, 1.54) is 12.1 Å². The number of nitrogens with one attached hydrogen (secondary N) is 1. The van der Waals surface area contributed by atoms with Crippen LogP contribution in [0, 0.1) is 11.7 Å². The maximum absolute atomic E-state index is 13.1. The lowest BCUT2D eigenvalue weighted by atomic mass is 10.0. The maximum Gasteiger partial charge on any atom is 0.333 e. The van der Waals surface area contributed by atoms with E-state index >= 15 is 0 Å². The summed E-state index contributed by atoms with van der Waals surface area (Å²) in [7, 11) is 2.12. The van der Waals surface area contributed by atoms with Crippen molar-refractivity contribution in [2.24, 2.45) is 5.92 Å². The molecule has 2 amide bonds. The van der Waals surface area contributed by atoms with Gasteiger partial charge in [0.15, 0.2) is 6.10 Å². The molecular weight excluding hydrogens is 521 g/mol. The monoisotopic (exact) mass is 561 g/mol. The van der Waals surface area contributed by atoms with Crippen molar-refractivity contribution in [1.29, 1.82) is 0 Å². The number of hydrogen-bond donors (Lipinski definition) is 4. The molecule has 0 spiro atoms. The quantitative estimate of drug-likeness (QED) is 0.327. The van der Waals surface area contributed by atoms with Crippen molar-refractivity contribution in [1.82, 2.24) is 15.1 Å². The Labute approximate surface area is 234 Å². The molecule has 1 aliphatic rings. The Morgan fingerprint density at radius 2 is 1.60 bits per heavy atom. The minimum atomic E-state index is -1.79. The van der Waals surface area contributed by atoms with E-state index in [9.17, 15) is 18.8 Å². The number of carboxylic acid groups (broad SMARTS) is 2. The van der Waals surface area contributed by atoms with Crippen LogP contribution < -0.4 is 10.1 Å². The van der Waals surface area contributed by atoms with Gasteiger partial charge in [-0.3, -0.25) is 4.79 Å². The predicted molar refractivity (Wildman–Crippen MR) is 147 cm³/mol. The van der Waals surface area contributed by atoms with E-state index in [0.717, 1.165) is 42.8 Å². The van der Waals surface area contributed by atoms with Crippen LogP contribution >= 0.6 is 0 Å². The molecule has 0 radical (unpaired) electrons. The largest absolute Gasteiger partial charge is 0.493 e. The molecule has 0 aromatic heterocycles. The average molecular weight is 562 g/mol. The molecule has 2 aromatic rings. The lowest BCUT2D eigenvalue weighted by Crippen LogP contribution is -2.49. The number of carboxylic acids is 2. The topological polar surface area (TPSA) is 140 Å². The SMILES string of the molecule is CC(C)COc1ccc(CN(C(=O)NCc2ccc(F)cc2)C2CCN(C)CC2)cc1.O=C(O)CC(O)C(=O)O. The second-order valence-corrected chi connectivity index (χ2v) is 10.2. The molecule has 10 nitrogen and oxygen atoms in total. The molecule has 1 unspecified atom stereocenters. The van der Waals surface area contributed by atoms with Crippen molar-refractivity contribution in [2.45, 2.75) is 58.3 Å². The lowest BCUT2D eigenvalue weighted by Gasteiger charge is -2.37. The highest BCUT2D eigenvalue weighted by atomic mass is 19.1. The molecule has 40 heavy (non-hydrogen) atoms. The standard InChI is InChI=1S/C25H34FN3O2.C4H6O5/c1-19(2)18-31-24-10-6-21(7-11-24)17-29(23-12-14-28(3)15-13-23)25(30)27-16-20-4-8-22(26)9-5-20;5-2(4(8)9)1-3(6)7/h4-11,19,23H,12-18H2,1-3H3,(H,27,30);2,5H,1H2,(H,6,7)(H,8,9). The molecule has 0 saturated carbocycles. The summed E-state index contributed by atoms with van der Waals surface area (Å²) in [4.78, 5) is 36.8. The number of halogens is 1. The fraction of sp³-hybridized carbons (Fsp3) is 0.483. The van der Waals surface area contributed by atoms with Gasteiger partial charge in [0, 0.05) is 19.1 Å². The minimum Gasteiger partial charge on any atom is -0.493 e. The molecule has 0 bridgehead atoms. The van der Waals surface area contributed by atoms with Crippen LogP contribution in [0.3, 0.4) is 0 Å². The van der Waals surface area contributed by atoms with Gasteiger partial charge in [-0.05, 0) is 74.3 Å². The molecule has 4 N–H and O–H groups in total.